The topological polar surface area (TPSA) is 73.2 Å². The molecule has 0 spiro atoms. The molecule has 1 saturated heterocycles. The number of hydrogen-bond acceptors (Lipinski definition) is 6. The van der Waals surface area contributed by atoms with Crippen LogP contribution in [0, 0.1) is 5.92 Å². The minimum atomic E-state index is -0.0655. The zero-order valence-corrected chi connectivity index (χ0v) is 18.4. The largest absolute Gasteiger partial charge is 0.376 e. The molecule has 6 nitrogen and oxygen atoms in total. The lowest BCUT2D eigenvalue weighted by Gasteiger charge is -2.17. The van der Waals surface area contributed by atoms with E-state index in [0.717, 1.165) is 48.9 Å². The van der Waals surface area contributed by atoms with Gasteiger partial charge in [-0.1, -0.05) is 24.8 Å². The zero-order chi connectivity index (χ0) is 20.4. The molecule has 29 heavy (non-hydrogen) atoms. The van der Waals surface area contributed by atoms with Crippen LogP contribution in [0.4, 0.5) is 0 Å². The van der Waals surface area contributed by atoms with Gasteiger partial charge in [-0.3, -0.25) is 14.2 Å². The molecule has 2 aromatic heterocycles. The van der Waals surface area contributed by atoms with Crippen LogP contribution in [-0.4, -0.2) is 40.5 Å². The van der Waals surface area contributed by atoms with Crippen molar-refractivity contribution in [3.63, 3.8) is 0 Å². The van der Waals surface area contributed by atoms with Crippen molar-refractivity contribution in [1.82, 2.24) is 14.9 Å². The van der Waals surface area contributed by atoms with Crippen molar-refractivity contribution >= 4 is 39.2 Å². The average Bonchev–Trinajstić information content (AvgIpc) is 3.34. The molecule has 1 N–H and O–H groups in total. The van der Waals surface area contributed by atoms with Crippen LogP contribution in [0.1, 0.15) is 36.6 Å². The summed E-state index contributed by atoms with van der Waals surface area (Å²) in [5, 5.41) is 4.28. The van der Waals surface area contributed by atoms with Crippen LogP contribution < -0.4 is 10.9 Å². The predicted octanol–water partition coefficient (Wildman–Crippen LogP) is 3.16. The monoisotopic (exact) mass is 433 g/mol. The van der Waals surface area contributed by atoms with Gasteiger partial charge in [-0.2, -0.15) is 0 Å². The summed E-state index contributed by atoms with van der Waals surface area (Å²) in [6.07, 6.45) is 6.95. The van der Waals surface area contributed by atoms with Crippen molar-refractivity contribution < 1.29 is 9.53 Å². The first-order chi connectivity index (χ1) is 14.1. The fraction of sp³-hybridized carbons (Fsp3) is 0.571. The van der Waals surface area contributed by atoms with Gasteiger partial charge in [-0.15, -0.1) is 17.9 Å². The summed E-state index contributed by atoms with van der Waals surface area (Å²) >= 11 is 2.95. The molecule has 1 aliphatic carbocycles. The molecule has 4 rings (SSSR count). The summed E-state index contributed by atoms with van der Waals surface area (Å²) in [5.41, 5.74) is 1.17. The van der Waals surface area contributed by atoms with Gasteiger partial charge >= 0.3 is 0 Å². The number of thiophene rings is 1. The Morgan fingerprint density at radius 3 is 3.10 bits per heavy atom. The van der Waals surface area contributed by atoms with Gasteiger partial charge in [0.25, 0.3) is 5.56 Å². The van der Waals surface area contributed by atoms with Crippen molar-refractivity contribution in [1.29, 1.82) is 0 Å². The first-order valence-corrected chi connectivity index (χ1v) is 12.0. The van der Waals surface area contributed by atoms with Gasteiger partial charge in [0, 0.05) is 24.6 Å². The Hall–Kier alpha value is -1.64. The molecular weight excluding hydrogens is 406 g/mol. The van der Waals surface area contributed by atoms with Crippen LogP contribution >= 0.6 is 23.1 Å². The van der Waals surface area contributed by atoms with Crippen LogP contribution in [0.15, 0.2) is 22.6 Å². The third kappa shape index (κ3) is 4.44. The Morgan fingerprint density at radius 1 is 1.48 bits per heavy atom. The van der Waals surface area contributed by atoms with E-state index in [1.165, 1.54) is 22.2 Å². The quantitative estimate of drug-likeness (QED) is 0.413. The third-order valence-corrected chi connectivity index (χ3v) is 7.70. The van der Waals surface area contributed by atoms with Gasteiger partial charge in [-0.05, 0) is 43.6 Å². The van der Waals surface area contributed by atoms with E-state index in [-0.39, 0.29) is 23.3 Å². The minimum absolute atomic E-state index is 0.00998. The summed E-state index contributed by atoms with van der Waals surface area (Å²) in [4.78, 5) is 32.4. The van der Waals surface area contributed by atoms with Crippen LogP contribution in [0.3, 0.4) is 0 Å². The molecule has 3 heterocycles. The minimum Gasteiger partial charge on any atom is -0.376 e. The number of thioether (sulfide) groups is 1. The van der Waals surface area contributed by atoms with Gasteiger partial charge in [0.1, 0.15) is 4.83 Å². The number of nitrogens with one attached hydrogen (secondary N) is 1. The lowest BCUT2D eigenvalue weighted by molar-refractivity contribution is -0.119. The maximum absolute atomic E-state index is 13.2. The van der Waals surface area contributed by atoms with Gasteiger partial charge in [-0.25, -0.2) is 4.98 Å². The molecular formula is C21H27N3O3S2. The number of aromatic nitrogens is 2. The van der Waals surface area contributed by atoms with Gasteiger partial charge in [0.15, 0.2) is 5.16 Å². The molecule has 156 valence electrons. The SMILES string of the molecule is C=CCn1c(SCC(=O)NC[C@@H]2CCCO2)nc2sc3c(c2c1=O)CC[C@H](C)C3. The highest BCUT2D eigenvalue weighted by Gasteiger charge is 2.25. The number of nitrogens with zero attached hydrogens (tertiary/aromatic N) is 2. The molecule has 8 heteroatoms. The summed E-state index contributed by atoms with van der Waals surface area (Å²) in [7, 11) is 0. The van der Waals surface area contributed by atoms with E-state index in [9.17, 15) is 9.59 Å². The first kappa shape index (κ1) is 20.6. The maximum atomic E-state index is 13.2. The fourth-order valence-corrected chi connectivity index (χ4v) is 6.28. The molecule has 0 radical (unpaired) electrons. The number of carbonyl (C=O) groups excluding carboxylic acids is 1. The predicted molar refractivity (Wildman–Crippen MR) is 118 cm³/mol. The average molecular weight is 434 g/mol. The standard InChI is InChI=1S/C21H27N3O3S2/c1-3-8-24-20(26)18-15-7-6-13(2)10-16(15)29-19(18)23-21(24)28-12-17(25)22-11-14-5-4-9-27-14/h3,13-14H,1,4-12H2,2H3,(H,22,25)/t13-,14-/m0/s1. The van der Waals surface area contributed by atoms with E-state index >= 15 is 0 Å². The molecule has 1 amide bonds. The van der Waals surface area contributed by atoms with Crippen LogP contribution in [-0.2, 0) is 28.9 Å². The molecule has 0 unspecified atom stereocenters. The Balaban J connectivity index is 1.54. The molecule has 2 aromatic rings. The van der Waals surface area contributed by atoms with Crippen molar-refractivity contribution in [3.8, 4) is 0 Å². The summed E-state index contributed by atoms with van der Waals surface area (Å²) in [6.45, 7) is 7.75. The molecule has 1 aliphatic heterocycles. The molecule has 0 aromatic carbocycles. The second kappa shape index (κ2) is 9.02. The Bertz CT molecular complexity index is 976. The number of rotatable bonds is 7. The number of hydrogen-bond donors (Lipinski definition) is 1. The lowest BCUT2D eigenvalue weighted by atomic mass is 9.89. The number of allylic oxidation sites excluding steroid dienone is 1. The third-order valence-electron chi connectivity index (χ3n) is 5.58. The van der Waals surface area contributed by atoms with Crippen molar-refractivity contribution in [2.24, 2.45) is 5.92 Å². The molecule has 2 atom stereocenters. The summed E-state index contributed by atoms with van der Waals surface area (Å²) in [6, 6.07) is 0. The normalized spacial score (nSPS) is 21.3. The highest BCUT2D eigenvalue weighted by atomic mass is 32.2. The van der Waals surface area contributed by atoms with E-state index < -0.39 is 0 Å². The van der Waals surface area contributed by atoms with Crippen LogP contribution in [0.5, 0.6) is 0 Å². The van der Waals surface area contributed by atoms with Gasteiger partial charge < -0.3 is 10.1 Å². The molecule has 0 bridgehead atoms. The summed E-state index contributed by atoms with van der Waals surface area (Å²) in [5.74, 6) is 0.806. The second-order valence-electron chi connectivity index (χ2n) is 7.86. The lowest BCUT2D eigenvalue weighted by Crippen LogP contribution is -2.33. The molecule has 2 aliphatic rings. The number of ether oxygens (including phenoxy) is 1. The summed E-state index contributed by atoms with van der Waals surface area (Å²) < 4.78 is 7.19. The number of carbonyl (C=O) groups is 1. The first-order valence-electron chi connectivity index (χ1n) is 10.2. The van der Waals surface area contributed by atoms with Crippen LogP contribution in [0.25, 0.3) is 10.2 Å². The fourth-order valence-electron chi connectivity index (χ4n) is 4.02. The van der Waals surface area contributed by atoms with Gasteiger partial charge in [0.2, 0.25) is 5.91 Å². The van der Waals surface area contributed by atoms with E-state index in [2.05, 4.69) is 18.8 Å². The number of fused-ring (bicyclic) bond motifs is 3. The highest BCUT2D eigenvalue weighted by molar-refractivity contribution is 7.99. The van der Waals surface area contributed by atoms with E-state index in [0.29, 0.717) is 24.2 Å². The van der Waals surface area contributed by atoms with E-state index in [1.54, 1.807) is 22.0 Å². The Morgan fingerprint density at radius 2 is 2.34 bits per heavy atom. The van der Waals surface area contributed by atoms with Crippen molar-refractivity contribution in [2.45, 2.75) is 56.8 Å². The Labute approximate surface area is 178 Å². The van der Waals surface area contributed by atoms with Crippen molar-refractivity contribution in [3.05, 3.63) is 33.4 Å². The maximum Gasteiger partial charge on any atom is 0.263 e. The number of amides is 1. The van der Waals surface area contributed by atoms with E-state index in [4.69, 9.17) is 9.72 Å². The Kier molecular flexibility index (Phi) is 6.41. The zero-order valence-electron chi connectivity index (χ0n) is 16.7. The molecule has 1 fully saturated rings. The van der Waals surface area contributed by atoms with Gasteiger partial charge in [0.05, 0.1) is 17.2 Å². The number of aryl methyl sites for hydroxylation is 1. The van der Waals surface area contributed by atoms with E-state index in [1.807, 2.05) is 0 Å². The molecule has 0 saturated carbocycles. The van der Waals surface area contributed by atoms with Crippen LogP contribution in [0.2, 0.25) is 0 Å². The smallest absolute Gasteiger partial charge is 0.263 e. The second-order valence-corrected chi connectivity index (χ2v) is 9.88. The van der Waals surface area contributed by atoms with Crippen molar-refractivity contribution in [2.75, 3.05) is 18.9 Å². The highest BCUT2D eigenvalue weighted by Crippen LogP contribution is 2.36.